The fourth-order valence-corrected chi connectivity index (χ4v) is 3.26. The van der Waals surface area contributed by atoms with Gasteiger partial charge in [0, 0.05) is 5.39 Å². The Morgan fingerprint density at radius 2 is 2.20 bits per heavy atom. The lowest BCUT2D eigenvalue weighted by molar-refractivity contribution is 0.183. The van der Waals surface area contributed by atoms with E-state index in [1.807, 2.05) is 12.3 Å². The molecule has 3 rings (SSSR count). The SMILES string of the molecule is CSc1c(OC2CCCNCC2)ccc2[nH]ncc12.Cl. The molecule has 1 aromatic carbocycles. The molecule has 2 heterocycles. The summed E-state index contributed by atoms with van der Waals surface area (Å²) in [5, 5.41) is 11.7. The van der Waals surface area contributed by atoms with Gasteiger partial charge in [-0.2, -0.15) is 5.10 Å². The summed E-state index contributed by atoms with van der Waals surface area (Å²) < 4.78 is 6.23. The molecule has 2 N–H and O–H groups in total. The molecule has 1 unspecified atom stereocenters. The maximum Gasteiger partial charge on any atom is 0.134 e. The van der Waals surface area contributed by atoms with Crippen molar-refractivity contribution in [3.63, 3.8) is 0 Å². The summed E-state index contributed by atoms with van der Waals surface area (Å²) in [4.78, 5) is 1.18. The Hall–Kier alpha value is -0.910. The second kappa shape index (κ2) is 7.20. The molecule has 0 bridgehead atoms. The quantitative estimate of drug-likeness (QED) is 0.854. The maximum atomic E-state index is 6.23. The number of thioether (sulfide) groups is 1. The Morgan fingerprint density at radius 1 is 1.30 bits per heavy atom. The van der Waals surface area contributed by atoms with E-state index in [4.69, 9.17) is 4.74 Å². The van der Waals surface area contributed by atoms with Gasteiger partial charge in [-0.1, -0.05) is 0 Å². The zero-order chi connectivity index (χ0) is 13.1. The fourth-order valence-electron chi connectivity index (χ4n) is 2.56. The molecule has 1 fully saturated rings. The summed E-state index contributed by atoms with van der Waals surface area (Å²) in [5.41, 5.74) is 1.07. The van der Waals surface area contributed by atoms with Gasteiger partial charge in [-0.15, -0.1) is 24.2 Å². The minimum Gasteiger partial charge on any atom is -0.489 e. The molecule has 1 atom stereocenters. The van der Waals surface area contributed by atoms with E-state index in [1.165, 1.54) is 11.3 Å². The summed E-state index contributed by atoms with van der Waals surface area (Å²) >= 11 is 1.72. The predicted molar refractivity (Wildman–Crippen MR) is 86.3 cm³/mol. The molecule has 0 aliphatic carbocycles. The van der Waals surface area contributed by atoms with Crippen molar-refractivity contribution in [1.29, 1.82) is 0 Å². The number of nitrogens with zero attached hydrogens (tertiary/aromatic N) is 1. The Labute approximate surface area is 129 Å². The van der Waals surface area contributed by atoms with E-state index in [9.17, 15) is 0 Å². The van der Waals surface area contributed by atoms with Crippen molar-refractivity contribution < 1.29 is 4.74 Å². The molecule has 20 heavy (non-hydrogen) atoms. The number of halogens is 1. The maximum absolute atomic E-state index is 6.23. The van der Waals surface area contributed by atoms with Crippen LogP contribution in [0, 0.1) is 0 Å². The standard InChI is InChI=1S/C14H19N3OS.ClH/c1-19-14-11-9-16-17-12(11)4-5-13(14)18-10-3-2-7-15-8-6-10;/h4-5,9-10,15H,2-3,6-8H2,1H3,(H,16,17);1H. The van der Waals surface area contributed by atoms with Crippen molar-refractivity contribution in [2.45, 2.75) is 30.3 Å². The van der Waals surface area contributed by atoms with E-state index in [-0.39, 0.29) is 12.4 Å². The highest BCUT2D eigenvalue weighted by Gasteiger charge is 2.16. The molecule has 0 saturated carbocycles. The summed E-state index contributed by atoms with van der Waals surface area (Å²) in [6, 6.07) is 4.11. The number of aromatic nitrogens is 2. The molecular weight excluding hydrogens is 294 g/mol. The van der Waals surface area contributed by atoms with Gasteiger partial charge in [0.25, 0.3) is 0 Å². The molecule has 1 saturated heterocycles. The first-order chi connectivity index (χ1) is 9.38. The first kappa shape index (κ1) is 15.5. The molecule has 0 spiro atoms. The van der Waals surface area contributed by atoms with E-state index < -0.39 is 0 Å². The molecule has 2 aromatic rings. The lowest BCUT2D eigenvalue weighted by atomic mass is 10.1. The van der Waals surface area contributed by atoms with Crippen LogP contribution >= 0.6 is 24.2 Å². The lowest BCUT2D eigenvalue weighted by Crippen LogP contribution is -2.19. The van der Waals surface area contributed by atoms with Gasteiger partial charge in [-0.05, 0) is 50.7 Å². The highest BCUT2D eigenvalue weighted by atomic mass is 35.5. The molecule has 4 nitrogen and oxygen atoms in total. The fraction of sp³-hybridized carbons (Fsp3) is 0.500. The molecule has 0 radical (unpaired) electrons. The Kier molecular flexibility index (Phi) is 5.57. The van der Waals surface area contributed by atoms with Crippen LogP contribution < -0.4 is 10.1 Å². The van der Waals surface area contributed by atoms with Gasteiger partial charge in [0.2, 0.25) is 0 Å². The van der Waals surface area contributed by atoms with Crippen LogP contribution in [0.15, 0.2) is 23.2 Å². The molecule has 0 amide bonds. The van der Waals surface area contributed by atoms with Gasteiger partial charge < -0.3 is 10.1 Å². The van der Waals surface area contributed by atoms with E-state index in [0.717, 1.165) is 42.6 Å². The van der Waals surface area contributed by atoms with Crippen LogP contribution in [0.2, 0.25) is 0 Å². The molecule has 1 aliphatic heterocycles. The number of fused-ring (bicyclic) bond motifs is 1. The average molecular weight is 314 g/mol. The van der Waals surface area contributed by atoms with E-state index >= 15 is 0 Å². The van der Waals surface area contributed by atoms with Gasteiger partial charge in [0.15, 0.2) is 0 Å². The number of hydrogen-bond acceptors (Lipinski definition) is 4. The van der Waals surface area contributed by atoms with Crippen LogP contribution in [0.4, 0.5) is 0 Å². The van der Waals surface area contributed by atoms with Crippen LogP contribution in [-0.2, 0) is 0 Å². The third-order valence-corrected chi connectivity index (χ3v) is 4.39. The zero-order valence-corrected chi connectivity index (χ0v) is 13.1. The Morgan fingerprint density at radius 3 is 3.05 bits per heavy atom. The van der Waals surface area contributed by atoms with Crippen molar-refractivity contribution in [2.24, 2.45) is 0 Å². The number of benzene rings is 1. The third kappa shape index (κ3) is 3.22. The van der Waals surface area contributed by atoms with E-state index in [1.54, 1.807) is 11.8 Å². The van der Waals surface area contributed by atoms with Crippen LogP contribution in [-0.4, -0.2) is 35.6 Å². The largest absolute Gasteiger partial charge is 0.489 e. The summed E-state index contributed by atoms with van der Waals surface area (Å²) in [7, 11) is 0. The predicted octanol–water partition coefficient (Wildman–Crippen LogP) is 3.23. The van der Waals surface area contributed by atoms with Gasteiger partial charge in [0.05, 0.1) is 16.6 Å². The van der Waals surface area contributed by atoms with Crippen molar-refractivity contribution in [3.8, 4) is 5.75 Å². The highest BCUT2D eigenvalue weighted by molar-refractivity contribution is 7.99. The minimum atomic E-state index is 0. The monoisotopic (exact) mass is 313 g/mol. The van der Waals surface area contributed by atoms with Gasteiger partial charge in [-0.25, -0.2) is 0 Å². The number of rotatable bonds is 3. The van der Waals surface area contributed by atoms with Gasteiger partial charge in [-0.3, -0.25) is 5.10 Å². The zero-order valence-electron chi connectivity index (χ0n) is 11.5. The number of H-pyrrole nitrogens is 1. The smallest absolute Gasteiger partial charge is 0.134 e. The van der Waals surface area contributed by atoms with Gasteiger partial charge in [0.1, 0.15) is 11.9 Å². The topological polar surface area (TPSA) is 49.9 Å². The molecule has 1 aromatic heterocycles. The van der Waals surface area contributed by atoms with Gasteiger partial charge >= 0.3 is 0 Å². The number of ether oxygens (including phenoxy) is 1. The molecule has 1 aliphatic rings. The Bertz CT molecular complexity index is 552. The summed E-state index contributed by atoms with van der Waals surface area (Å²) in [6.07, 6.45) is 7.69. The number of aromatic amines is 1. The molecule has 6 heteroatoms. The number of nitrogens with one attached hydrogen (secondary N) is 2. The van der Waals surface area contributed by atoms with Crippen LogP contribution in [0.1, 0.15) is 19.3 Å². The van der Waals surface area contributed by atoms with Crippen molar-refractivity contribution in [1.82, 2.24) is 15.5 Å². The Balaban J connectivity index is 0.00000147. The second-order valence-corrected chi connectivity index (χ2v) is 5.67. The van der Waals surface area contributed by atoms with E-state index in [0.29, 0.717) is 6.10 Å². The molecular formula is C14H20ClN3OS. The normalized spacial score (nSPS) is 19.4. The van der Waals surface area contributed by atoms with Crippen molar-refractivity contribution in [3.05, 3.63) is 18.3 Å². The summed E-state index contributed by atoms with van der Waals surface area (Å²) in [5.74, 6) is 0.994. The third-order valence-electron chi connectivity index (χ3n) is 3.56. The van der Waals surface area contributed by atoms with Crippen LogP contribution in [0.5, 0.6) is 5.75 Å². The molecule has 110 valence electrons. The van der Waals surface area contributed by atoms with Crippen molar-refractivity contribution in [2.75, 3.05) is 19.3 Å². The van der Waals surface area contributed by atoms with E-state index in [2.05, 4.69) is 27.8 Å². The first-order valence-corrected chi connectivity index (χ1v) is 7.98. The number of hydrogen-bond donors (Lipinski definition) is 2. The lowest BCUT2D eigenvalue weighted by Gasteiger charge is -2.19. The minimum absolute atomic E-state index is 0. The summed E-state index contributed by atoms with van der Waals surface area (Å²) in [6.45, 7) is 2.16. The second-order valence-electron chi connectivity index (χ2n) is 4.85. The van der Waals surface area contributed by atoms with Crippen LogP contribution in [0.3, 0.4) is 0 Å². The average Bonchev–Trinajstić information content (AvgIpc) is 2.76. The first-order valence-electron chi connectivity index (χ1n) is 6.76. The van der Waals surface area contributed by atoms with Crippen LogP contribution in [0.25, 0.3) is 10.9 Å². The highest BCUT2D eigenvalue weighted by Crippen LogP contribution is 2.35. The van der Waals surface area contributed by atoms with Crippen molar-refractivity contribution >= 4 is 35.1 Å².